The van der Waals surface area contributed by atoms with Gasteiger partial charge in [-0.3, -0.25) is 4.79 Å². The number of amides is 1. The van der Waals surface area contributed by atoms with Gasteiger partial charge in [-0.05, 0) is 26.7 Å². The van der Waals surface area contributed by atoms with Crippen molar-refractivity contribution in [3.8, 4) is 0 Å². The highest BCUT2D eigenvalue weighted by atomic mass is 16.5. The number of nitrogens with zero attached hydrogens (tertiary/aromatic N) is 1. The maximum atomic E-state index is 12.4. The summed E-state index contributed by atoms with van der Waals surface area (Å²) >= 11 is 0. The average Bonchev–Trinajstić information content (AvgIpc) is 2.81. The highest BCUT2D eigenvalue weighted by Crippen LogP contribution is 2.25. The monoisotopic (exact) mass is 242 g/mol. The lowest BCUT2D eigenvalue weighted by molar-refractivity contribution is -0.162. The fourth-order valence-corrected chi connectivity index (χ4v) is 2.38. The number of rotatable bonds is 2. The molecule has 98 valence electrons. The van der Waals surface area contributed by atoms with Gasteiger partial charge in [0.05, 0.1) is 18.2 Å². The van der Waals surface area contributed by atoms with Crippen molar-refractivity contribution in [3.05, 3.63) is 0 Å². The number of morpholine rings is 1. The number of nitrogens with two attached hydrogens (primary N) is 1. The Morgan fingerprint density at radius 3 is 2.82 bits per heavy atom. The smallest absolute Gasteiger partial charge is 0.252 e. The number of carbonyl (C=O) groups is 1. The van der Waals surface area contributed by atoms with Gasteiger partial charge in [0.2, 0.25) is 0 Å². The van der Waals surface area contributed by atoms with Crippen LogP contribution < -0.4 is 5.73 Å². The van der Waals surface area contributed by atoms with Crippen molar-refractivity contribution >= 4 is 5.91 Å². The lowest BCUT2D eigenvalue weighted by Crippen LogP contribution is -2.61. The molecule has 2 aliphatic heterocycles. The molecule has 2 atom stereocenters. The summed E-state index contributed by atoms with van der Waals surface area (Å²) < 4.78 is 11.1. The van der Waals surface area contributed by atoms with Gasteiger partial charge in [-0.1, -0.05) is 0 Å². The Kier molecular flexibility index (Phi) is 3.70. The van der Waals surface area contributed by atoms with Crippen LogP contribution in [0.4, 0.5) is 0 Å². The molecule has 0 spiro atoms. The van der Waals surface area contributed by atoms with Crippen LogP contribution in [-0.2, 0) is 14.3 Å². The number of hydrogen-bond donors (Lipinski definition) is 1. The zero-order chi connectivity index (χ0) is 12.5. The summed E-state index contributed by atoms with van der Waals surface area (Å²) in [6.07, 6.45) is 1.50. The first-order valence-corrected chi connectivity index (χ1v) is 6.29. The summed E-state index contributed by atoms with van der Waals surface area (Å²) in [6, 6.07) is 0. The minimum atomic E-state index is -0.269. The molecule has 0 bridgehead atoms. The van der Waals surface area contributed by atoms with E-state index in [0.717, 1.165) is 12.8 Å². The SMILES string of the molecule is CC1(C)COC(CN)CN1C(=O)C1CCCO1. The van der Waals surface area contributed by atoms with Crippen LogP contribution >= 0.6 is 0 Å². The van der Waals surface area contributed by atoms with Crippen LogP contribution in [0.15, 0.2) is 0 Å². The first kappa shape index (κ1) is 12.8. The van der Waals surface area contributed by atoms with Crippen LogP contribution in [0.3, 0.4) is 0 Å². The van der Waals surface area contributed by atoms with Gasteiger partial charge in [0, 0.05) is 19.7 Å². The van der Waals surface area contributed by atoms with Crippen molar-refractivity contribution in [2.24, 2.45) is 5.73 Å². The van der Waals surface area contributed by atoms with E-state index in [0.29, 0.717) is 26.3 Å². The van der Waals surface area contributed by atoms with Gasteiger partial charge in [-0.15, -0.1) is 0 Å². The van der Waals surface area contributed by atoms with Gasteiger partial charge < -0.3 is 20.1 Å². The number of hydrogen-bond acceptors (Lipinski definition) is 4. The van der Waals surface area contributed by atoms with E-state index >= 15 is 0 Å². The minimum Gasteiger partial charge on any atom is -0.373 e. The van der Waals surface area contributed by atoms with Gasteiger partial charge in [0.15, 0.2) is 0 Å². The molecule has 5 nitrogen and oxygen atoms in total. The largest absolute Gasteiger partial charge is 0.373 e. The predicted octanol–water partition coefficient (Wildman–Crippen LogP) is 0.130. The molecule has 0 aliphatic carbocycles. The molecule has 2 heterocycles. The zero-order valence-corrected chi connectivity index (χ0v) is 10.6. The van der Waals surface area contributed by atoms with E-state index in [4.69, 9.17) is 15.2 Å². The summed E-state index contributed by atoms with van der Waals surface area (Å²) in [7, 11) is 0. The Hall–Kier alpha value is -0.650. The van der Waals surface area contributed by atoms with Crippen LogP contribution in [0, 0.1) is 0 Å². The number of ether oxygens (including phenoxy) is 2. The summed E-state index contributed by atoms with van der Waals surface area (Å²) in [5, 5.41) is 0. The zero-order valence-electron chi connectivity index (χ0n) is 10.6. The Morgan fingerprint density at radius 1 is 1.47 bits per heavy atom. The van der Waals surface area contributed by atoms with E-state index in [2.05, 4.69) is 0 Å². The van der Waals surface area contributed by atoms with E-state index in [9.17, 15) is 4.79 Å². The first-order chi connectivity index (χ1) is 8.04. The Morgan fingerprint density at radius 2 is 2.24 bits per heavy atom. The van der Waals surface area contributed by atoms with Gasteiger partial charge >= 0.3 is 0 Å². The fraction of sp³-hybridized carbons (Fsp3) is 0.917. The molecule has 1 amide bonds. The first-order valence-electron chi connectivity index (χ1n) is 6.29. The van der Waals surface area contributed by atoms with Gasteiger partial charge in [-0.25, -0.2) is 0 Å². The van der Waals surface area contributed by atoms with Crippen LogP contribution in [0.5, 0.6) is 0 Å². The summed E-state index contributed by atoms with van der Waals surface area (Å²) in [5.74, 6) is 0.0919. The Balaban J connectivity index is 2.06. The molecular formula is C12H22N2O3. The number of carbonyl (C=O) groups excluding carboxylic acids is 1. The maximum Gasteiger partial charge on any atom is 0.252 e. The fourth-order valence-electron chi connectivity index (χ4n) is 2.38. The van der Waals surface area contributed by atoms with Crippen LogP contribution in [-0.4, -0.2) is 54.9 Å². The van der Waals surface area contributed by atoms with Crippen molar-refractivity contribution in [3.63, 3.8) is 0 Å². The second kappa shape index (κ2) is 4.92. The molecule has 17 heavy (non-hydrogen) atoms. The summed E-state index contributed by atoms with van der Waals surface area (Å²) in [6.45, 7) is 6.29. The van der Waals surface area contributed by atoms with Crippen molar-refractivity contribution < 1.29 is 14.3 Å². The Labute approximate surface area is 102 Å². The average molecular weight is 242 g/mol. The molecular weight excluding hydrogens is 220 g/mol. The lowest BCUT2D eigenvalue weighted by atomic mass is 9.99. The molecule has 5 heteroatoms. The molecule has 2 fully saturated rings. The lowest BCUT2D eigenvalue weighted by Gasteiger charge is -2.45. The molecule has 0 saturated carbocycles. The maximum absolute atomic E-state index is 12.4. The third-order valence-electron chi connectivity index (χ3n) is 3.52. The van der Waals surface area contributed by atoms with Crippen LogP contribution in [0.25, 0.3) is 0 Å². The third kappa shape index (κ3) is 2.61. The van der Waals surface area contributed by atoms with E-state index in [-0.39, 0.29) is 23.7 Å². The normalized spacial score (nSPS) is 32.8. The van der Waals surface area contributed by atoms with Gasteiger partial charge in [-0.2, -0.15) is 0 Å². The van der Waals surface area contributed by atoms with E-state index in [1.54, 1.807) is 0 Å². The standard InChI is InChI=1S/C12H22N2O3/c1-12(2)8-17-9(6-13)7-14(12)11(15)10-4-3-5-16-10/h9-10H,3-8,13H2,1-2H3. The van der Waals surface area contributed by atoms with Gasteiger partial charge in [0.1, 0.15) is 6.10 Å². The van der Waals surface area contributed by atoms with E-state index < -0.39 is 0 Å². The highest BCUT2D eigenvalue weighted by molar-refractivity contribution is 5.82. The quantitative estimate of drug-likeness (QED) is 0.747. The molecule has 0 aromatic carbocycles. The second-order valence-electron chi connectivity index (χ2n) is 5.43. The van der Waals surface area contributed by atoms with Crippen LogP contribution in [0.2, 0.25) is 0 Å². The highest BCUT2D eigenvalue weighted by Gasteiger charge is 2.41. The third-order valence-corrected chi connectivity index (χ3v) is 3.52. The van der Waals surface area contributed by atoms with Crippen molar-refractivity contribution in [2.75, 3.05) is 26.3 Å². The van der Waals surface area contributed by atoms with Crippen molar-refractivity contribution in [2.45, 2.75) is 44.4 Å². The summed E-state index contributed by atoms with van der Waals surface area (Å²) in [5.41, 5.74) is 5.34. The van der Waals surface area contributed by atoms with Gasteiger partial charge in [0.25, 0.3) is 5.91 Å². The molecule has 2 saturated heterocycles. The summed E-state index contributed by atoms with van der Waals surface area (Å²) in [4.78, 5) is 14.3. The van der Waals surface area contributed by atoms with E-state index in [1.165, 1.54) is 0 Å². The predicted molar refractivity (Wildman–Crippen MR) is 63.6 cm³/mol. The van der Waals surface area contributed by atoms with Crippen LogP contribution in [0.1, 0.15) is 26.7 Å². The molecule has 2 unspecified atom stereocenters. The van der Waals surface area contributed by atoms with Crippen molar-refractivity contribution in [1.29, 1.82) is 0 Å². The molecule has 2 N–H and O–H groups in total. The second-order valence-corrected chi connectivity index (χ2v) is 5.43. The molecule has 0 aromatic heterocycles. The Bertz CT molecular complexity index is 287. The molecule has 0 aromatic rings. The minimum absolute atomic E-state index is 0.0478. The molecule has 2 aliphatic rings. The van der Waals surface area contributed by atoms with E-state index in [1.807, 2.05) is 18.7 Å². The molecule has 2 rings (SSSR count). The molecule has 0 radical (unpaired) electrons. The van der Waals surface area contributed by atoms with Crippen molar-refractivity contribution in [1.82, 2.24) is 4.90 Å². The topological polar surface area (TPSA) is 64.8 Å².